The highest BCUT2D eigenvalue weighted by Crippen LogP contribution is 2.54. The Kier molecular flexibility index (Phi) is 4.54. The van der Waals surface area contributed by atoms with E-state index in [-0.39, 0.29) is 17.7 Å². The van der Waals surface area contributed by atoms with Crippen LogP contribution in [-0.2, 0) is 26.3 Å². The van der Waals surface area contributed by atoms with Crippen molar-refractivity contribution in [2.75, 3.05) is 10.2 Å². The monoisotopic (exact) mass is 490 g/mol. The van der Waals surface area contributed by atoms with Crippen molar-refractivity contribution in [3.63, 3.8) is 0 Å². The summed E-state index contributed by atoms with van der Waals surface area (Å²) in [7, 11) is 0. The van der Waals surface area contributed by atoms with Gasteiger partial charge in [0.2, 0.25) is 17.7 Å². The molecule has 1 aromatic heterocycles. The van der Waals surface area contributed by atoms with E-state index < -0.39 is 23.4 Å². The number of nitrogens with one attached hydrogen (secondary N) is 3. The molecule has 3 aliphatic rings. The first-order chi connectivity index (χ1) is 17.9. The first kappa shape index (κ1) is 22.0. The molecule has 4 aromatic rings. The predicted octanol–water partition coefficient (Wildman–Crippen LogP) is 3.95. The zero-order valence-electron chi connectivity index (χ0n) is 20.5. The van der Waals surface area contributed by atoms with Crippen molar-refractivity contribution in [2.24, 2.45) is 11.8 Å². The topological polar surface area (TPSA) is 94.3 Å². The summed E-state index contributed by atoms with van der Waals surface area (Å²) in [6.45, 7) is 3.93. The number of para-hydroxylation sites is 1. The molecule has 7 heteroatoms. The van der Waals surface area contributed by atoms with Gasteiger partial charge in [-0.05, 0) is 50.1 Å². The Balaban J connectivity index is 1.38. The van der Waals surface area contributed by atoms with Gasteiger partial charge in [-0.15, -0.1) is 0 Å². The van der Waals surface area contributed by atoms with E-state index in [1.165, 1.54) is 4.90 Å². The third-order valence-electron chi connectivity index (χ3n) is 8.28. The Labute approximate surface area is 213 Å². The number of fused-ring (bicyclic) bond motifs is 5. The second-order valence-corrected chi connectivity index (χ2v) is 10.5. The van der Waals surface area contributed by atoms with Crippen molar-refractivity contribution in [1.29, 1.82) is 0 Å². The summed E-state index contributed by atoms with van der Waals surface area (Å²) in [5.74, 6) is -2.41. The van der Waals surface area contributed by atoms with Crippen molar-refractivity contribution in [3.8, 4) is 0 Å². The van der Waals surface area contributed by atoms with Crippen LogP contribution in [0.15, 0.2) is 72.9 Å². The molecule has 7 rings (SSSR count). The smallest absolute Gasteiger partial charge is 0.250 e. The number of rotatable bonds is 3. The van der Waals surface area contributed by atoms with Gasteiger partial charge in [0, 0.05) is 34.4 Å². The number of hydrogen-bond acceptors (Lipinski definition) is 4. The maximum atomic E-state index is 14.1. The second kappa shape index (κ2) is 7.63. The number of hydrogen-bond donors (Lipinski definition) is 3. The quantitative estimate of drug-likeness (QED) is 0.379. The number of amides is 3. The fraction of sp³-hybridized carbons (Fsp3) is 0.233. The van der Waals surface area contributed by atoms with Gasteiger partial charge in [-0.2, -0.15) is 0 Å². The van der Waals surface area contributed by atoms with E-state index in [1.54, 1.807) is 12.1 Å². The standard InChI is InChI=1S/C30H26N4O3/c1-16-7-10-19(11-8-16)34-27(35)25-24(14-18-15-31-22-6-4-3-5-20(18)22)33-30(26(25)28(34)36)21-13-17(2)9-12-23(21)32-29(30)37/h3-13,15,24-26,31,33H,14H2,1-2H3,(H,32,37)/t24-,25-,26+,30+/m1/s1. The molecule has 0 bridgehead atoms. The highest BCUT2D eigenvalue weighted by atomic mass is 16.2. The van der Waals surface area contributed by atoms with E-state index >= 15 is 0 Å². The predicted molar refractivity (Wildman–Crippen MR) is 141 cm³/mol. The molecule has 3 aliphatic heterocycles. The molecule has 2 saturated heterocycles. The number of nitrogens with zero attached hydrogens (tertiary/aromatic N) is 1. The number of H-pyrrole nitrogens is 1. The van der Waals surface area contributed by atoms with Crippen LogP contribution in [0.2, 0.25) is 0 Å². The Bertz CT molecular complexity index is 1620. The fourth-order valence-corrected chi connectivity index (χ4v) is 6.58. The first-order valence-corrected chi connectivity index (χ1v) is 12.6. The van der Waals surface area contributed by atoms with Crippen LogP contribution in [0.5, 0.6) is 0 Å². The lowest BCUT2D eigenvalue weighted by molar-refractivity contribution is -0.130. The Hall–Kier alpha value is -4.23. The van der Waals surface area contributed by atoms with E-state index in [0.717, 1.165) is 33.2 Å². The average Bonchev–Trinajstić information content (AvgIpc) is 3.59. The summed E-state index contributed by atoms with van der Waals surface area (Å²) in [5.41, 5.74) is 4.73. The van der Waals surface area contributed by atoms with E-state index in [4.69, 9.17) is 0 Å². The third kappa shape index (κ3) is 2.95. The van der Waals surface area contributed by atoms with Crippen LogP contribution < -0.4 is 15.5 Å². The van der Waals surface area contributed by atoms with Gasteiger partial charge in [-0.1, -0.05) is 53.6 Å². The molecule has 0 radical (unpaired) electrons. The number of aryl methyl sites for hydroxylation is 2. The minimum atomic E-state index is -1.31. The molecule has 4 atom stereocenters. The second-order valence-electron chi connectivity index (χ2n) is 10.5. The molecule has 2 fully saturated rings. The van der Waals surface area contributed by atoms with Gasteiger partial charge in [-0.3, -0.25) is 19.7 Å². The SMILES string of the molecule is Cc1ccc(N2C(=O)[C@H]3[C@@H](C2=O)[C@]2(N[C@@H]3Cc3c[nH]c4ccccc34)C(=O)Nc3ccc(C)cc32)cc1. The minimum absolute atomic E-state index is 0.262. The van der Waals surface area contributed by atoms with E-state index in [0.29, 0.717) is 17.8 Å². The summed E-state index contributed by atoms with van der Waals surface area (Å²) >= 11 is 0. The third-order valence-corrected chi connectivity index (χ3v) is 8.28. The van der Waals surface area contributed by atoms with Crippen molar-refractivity contribution in [1.82, 2.24) is 10.3 Å². The van der Waals surface area contributed by atoms with Crippen molar-refractivity contribution < 1.29 is 14.4 Å². The highest BCUT2D eigenvalue weighted by Gasteiger charge is 2.70. The molecule has 3 aromatic carbocycles. The first-order valence-electron chi connectivity index (χ1n) is 12.6. The molecule has 37 heavy (non-hydrogen) atoms. The van der Waals surface area contributed by atoms with Crippen molar-refractivity contribution in [3.05, 3.63) is 95.2 Å². The minimum Gasteiger partial charge on any atom is -0.361 e. The van der Waals surface area contributed by atoms with Crippen LogP contribution in [0.25, 0.3) is 10.9 Å². The lowest BCUT2D eigenvalue weighted by Crippen LogP contribution is -2.53. The van der Waals surface area contributed by atoms with Gasteiger partial charge in [0.25, 0.3) is 0 Å². The largest absolute Gasteiger partial charge is 0.361 e. The van der Waals surface area contributed by atoms with Crippen LogP contribution in [-0.4, -0.2) is 28.7 Å². The van der Waals surface area contributed by atoms with E-state index in [1.807, 2.05) is 74.6 Å². The van der Waals surface area contributed by atoms with Gasteiger partial charge in [-0.25, -0.2) is 4.90 Å². The summed E-state index contributed by atoms with van der Waals surface area (Å²) in [6.07, 6.45) is 2.46. The van der Waals surface area contributed by atoms with Crippen LogP contribution >= 0.6 is 0 Å². The molecule has 0 saturated carbocycles. The Morgan fingerprint density at radius 3 is 2.46 bits per heavy atom. The van der Waals surface area contributed by atoms with Crippen LogP contribution in [0.3, 0.4) is 0 Å². The van der Waals surface area contributed by atoms with Crippen LogP contribution in [0, 0.1) is 25.7 Å². The van der Waals surface area contributed by atoms with Gasteiger partial charge in [0.15, 0.2) is 0 Å². The summed E-state index contributed by atoms with van der Waals surface area (Å²) in [6, 6.07) is 20.8. The molecular formula is C30H26N4O3. The molecular weight excluding hydrogens is 464 g/mol. The molecule has 0 unspecified atom stereocenters. The number of carbonyl (C=O) groups is 3. The molecule has 184 valence electrons. The number of carbonyl (C=O) groups excluding carboxylic acids is 3. The molecule has 3 amide bonds. The number of benzene rings is 3. The average molecular weight is 491 g/mol. The zero-order chi connectivity index (χ0) is 25.5. The maximum absolute atomic E-state index is 14.1. The van der Waals surface area contributed by atoms with Crippen LogP contribution in [0.1, 0.15) is 22.3 Å². The van der Waals surface area contributed by atoms with Gasteiger partial charge in [0.05, 0.1) is 17.5 Å². The molecule has 7 nitrogen and oxygen atoms in total. The number of aromatic nitrogens is 1. The Morgan fingerprint density at radius 1 is 0.892 bits per heavy atom. The van der Waals surface area contributed by atoms with Gasteiger partial charge in [0.1, 0.15) is 5.54 Å². The lowest BCUT2D eigenvalue weighted by atomic mass is 9.76. The molecule has 0 aliphatic carbocycles. The summed E-state index contributed by atoms with van der Waals surface area (Å²) in [4.78, 5) is 46.5. The van der Waals surface area contributed by atoms with Crippen molar-refractivity contribution >= 4 is 40.0 Å². The van der Waals surface area contributed by atoms with Crippen LogP contribution in [0.4, 0.5) is 11.4 Å². The molecule has 1 spiro atoms. The molecule has 3 N–H and O–H groups in total. The van der Waals surface area contributed by atoms with E-state index in [9.17, 15) is 14.4 Å². The fourth-order valence-electron chi connectivity index (χ4n) is 6.58. The Morgan fingerprint density at radius 2 is 1.65 bits per heavy atom. The van der Waals surface area contributed by atoms with Crippen molar-refractivity contribution in [2.45, 2.75) is 31.8 Å². The summed E-state index contributed by atoms with van der Waals surface area (Å²) < 4.78 is 0. The summed E-state index contributed by atoms with van der Waals surface area (Å²) in [5, 5.41) is 7.61. The number of anilines is 2. The molecule has 4 heterocycles. The lowest BCUT2D eigenvalue weighted by Gasteiger charge is -2.29. The number of aromatic amines is 1. The van der Waals surface area contributed by atoms with Gasteiger partial charge < -0.3 is 10.3 Å². The number of imide groups is 1. The zero-order valence-corrected chi connectivity index (χ0v) is 20.5. The maximum Gasteiger partial charge on any atom is 0.250 e. The van der Waals surface area contributed by atoms with Gasteiger partial charge >= 0.3 is 0 Å². The highest BCUT2D eigenvalue weighted by molar-refractivity contribution is 6.25. The normalized spacial score (nSPS) is 26.3. The van der Waals surface area contributed by atoms with E-state index in [2.05, 4.69) is 15.6 Å².